The largest absolute Gasteiger partial charge is 0.481 e. The highest BCUT2D eigenvalue weighted by Gasteiger charge is 2.12. The number of benzene rings is 1. The third-order valence-electron chi connectivity index (χ3n) is 3.24. The highest BCUT2D eigenvalue weighted by molar-refractivity contribution is 5.92. The molecule has 0 fully saturated rings. The Balaban J connectivity index is 1.93. The maximum atomic E-state index is 11.9. The second-order valence-corrected chi connectivity index (χ2v) is 4.94. The summed E-state index contributed by atoms with van der Waals surface area (Å²) < 4.78 is 0. The van der Waals surface area contributed by atoms with E-state index < -0.39 is 11.9 Å². The third kappa shape index (κ3) is 4.12. The summed E-state index contributed by atoms with van der Waals surface area (Å²) in [4.78, 5) is 30.9. The molecule has 2 aromatic rings. The van der Waals surface area contributed by atoms with Crippen LogP contribution in [0.3, 0.4) is 0 Å². The Bertz CT molecular complexity index is 641. The molecule has 0 aliphatic carbocycles. The topological polar surface area (TPSA) is 92.2 Å². The highest BCUT2D eigenvalue weighted by atomic mass is 16.4. The molecule has 22 heavy (non-hydrogen) atoms. The first-order valence-corrected chi connectivity index (χ1v) is 6.96. The summed E-state index contributed by atoms with van der Waals surface area (Å²) in [7, 11) is 0. The summed E-state index contributed by atoms with van der Waals surface area (Å²) in [6.07, 6.45) is 3.33. The molecule has 0 bridgehead atoms. The van der Waals surface area contributed by atoms with Crippen molar-refractivity contribution >= 4 is 11.9 Å². The van der Waals surface area contributed by atoms with Crippen LogP contribution in [0.4, 0.5) is 0 Å². The molecule has 1 aromatic carbocycles. The van der Waals surface area contributed by atoms with E-state index in [-0.39, 0.29) is 18.1 Å². The van der Waals surface area contributed by atoms with Crippen LogP contribution in [0.2, 0.25) is 0 Å². The van der Waals surface area contributed by atoms with Crippen LogP contribution in [0, 0.1) is 5.92 Å². The molecule has 0 saturated carbocycles. The summed E-state index contributed by atoms with van der Waals surface area (Å²) >= 11 is 0. The zero-order valence-electron chi connectivity index (χ0n) is 12.2. The Labute approximate surface area is 128 Å². The number of nitrogens with one attached hydrogen (secondary N) is 1. The molecule has 0 aliphatic heterocycles. The summed E-state index contributed by atoms with van der Waals surface area (Å²) in [5.74, 6) is -1.72. The number of carbonyl (C=O) groups is 2. The van der Waals surface area contributed by atoms with E-state index in [0.29, 0.717) is 12.1 Å². The molecule has 2 rings (SSSR count). The number of carboxylic acid groups (broad SMARTS) is 1. The van der Waals surface area contributed by atoms with Gasteiger partial charge in [-0.05, 0) is 6.42 Å². The summed E-state index contributed by atoms with van der Waals surface area (Å²) in [6, 6.07) is 9.55. The molecule has 1 atom stereocenters. The van der Waals surface area contributed by atoms with Crippen LogP contribution in [0.1, 0.15) is 23.8 Å². The van der Waals surface area contributed by atoms with Crippen molar-refractivity contribution in [1.82, 2.24) is 15.3 Å². The molecule has 1 unspecified atom stereocenters. The SMILES string of the molecule is CC(CCNC(=O)c1cnc(-c2ccccc2)cn1)C(=O)O. The van der Waals surface area contributed by atoms with Gasteiger partial charge < -0.3 is 10.4 Å². The normalized spacial score (nSPS) is 11.7. The number of rotatable bonds is 6. The first kappa shape index (κ1) is 15.6. The molecule has 1 heterocycles. The first-order chi connectivity index (χ1) is 10.6. The molecule has 1 aromatic heterocycles. The second kappa shape index (κ2) is 7.31. The van der Waals surface area contributed by atoms with Crippen LogP contribution in [0.15, 0.2) is 42.7 Å². The molecule has 6 heteroatoms. The number of nitrogens with zero attached hydrogens (tertiary/aromatic N) is 2. The number of amides is 1. The van der Waals surface area contributed by atoms with Crippen LogP contribution in [-0.2, 0) is 4.79 Å². The van der Waals surface area contributed by atoms with E-state index in [1.54, 1.807) is 13.1 Å². The Kier molecular flexibility index (Phi) is 5.19. The average Bonchev–Trinajstić information content (AvgIpc) is 2.55. The van der Waals surface area contributed by atoms with Gasteiger partial charge in [-0.15, -0.1) is 0 Å². The Morgan fingerprint density at radius 3 is 2.50 bits per heavy atom. The number of hydrogen-bond donors (Lipinski definition) is 2. The van der Waals surface area contributed by atoms with Crippen molar-refractivity contribution in [3.05, 3.63) is 48.4 Å². The maximum Gasteiger partial charge on any atom is 0.306 e. The third-order valence-corrected chi connectivity index (χ3v) is 3.24. The van der Waals surface area contributed by atoms with Gasteiger partial charge in [0.25, 0.3) is 5.91 Å². The van der Waals surface area contributed by atoms with Gasteiger partial charge in [0.2, 0.25) is 0 Å². The molecular weight excluding hydrogens is 282 g/mol. The minimum Gasteiger partial charge on any atom is -0.481 e. The van der Waals surface area contributed by atoms with Crippen LogP contribution in [0.25, 0.3) is 11.3 Å². The molecule has 0 spiro atoms. The van der Waals surface area contributed by atoms with Crippen molar-refractivity contribution in [2.75, 3.05) is 6.54 Å². The van der Waals surface area contributed by atoms with E-state index >= 15 is 0 Å². The lowest BCUT2D eigenvalue weighted by Crippen LogP contribution is -2.27. The lowest BCUT2D eigenvalue weighted by atomic mass is 10.1. The summed E-state index contributed by atoms with van der Waals surface area (Å²) in [5, 5.41) is 11.4. The van der Waals surface area contributed by atoms with Crippen LogP contribution < -0.4 is 5.32 Å². The van der Waals surface area contributed by atoms with Gasteiger partial charge in [0.15, 0.2) is 0 Å². The fraction of sp³-hybridized carbons (Fsp3) is 0.250. The zero-order chi connectivity index (χ0) is 15.9. The quantitative estimate of drug-likeness (QED) is 0.851. The van der Waals surface area contributed by atoms with E-state index in [4.69, 9.17) is 5.11 Å². The molecule has 2 N–H and O–H groups in total. The van der Waals surface area contributed by atoms with Gasteiger partial charge in [0.1, 0.15) is 5.69 Å². The molecule has 0 aliphatic rings. The molecule has 1 amide bonds. The predicted octanol–water partition coefficient (Wildman–Crippen LogP) is 1.98. The van der Waals surface area contributed by atoms with Crippen LogP contribution >= 0.6 is 0 Å². The van der Waals surface area contributed by atoms with Gasteiger partial charge >= 0.3 is 5.97 Å². The van der Waals surface area contributed by atoms with Gasteiger partial charge in [0.05, 0.1) is 24.0 Å². The number of aromatic nitrogens is 2. The predicted molar refractivity (Wildman–Crippen MR) is 81.2 cm³/mol. The van der Waals surface area contributed by atoms with Crippen molar-refractivity contribution in [2.24, 2.45) is 5.92 Å². The minimum absolute atomic E-state index is 0.211. The first-order valence-electron chi connectivity index (χ1n) is 6.96. The standard InChI is InChI=1S/C16H17N3O3/c1-11(16(21)22)7-8-17-15(20)14-10-18-13(9-19-14)12-5-3-2-4-6-12/h2-6,9-11H,7-8H2,1H3,(H,17,20)(H,21,22). The number of carbonyl (C=O) groups excluding carboxylic acids is 1. The van der Waals surface area contributed by atoms with Crippen LogP contribution in [0.5, 0.6) is 0 Å². The highest BCUT2D eigenvalue weighted by Crippen LogP contribution is 2.14. The molecule has 0 radical (unpaired) electrons. The number of aliphatic carboxylic acids is 1. The van der Waals surface area contributed by atoms with Crippen molar-refractivity contribution in [3.63, 3.8) is 0 Å². The maximum absolute atomic E-state index is 11.9. The minimum atomic E-state index is -0.874. The lowest BCUT2D eigenvalue weighted by molar-refractivity contribution is -0.141. The van der Waals surface area contributed by atoms with Crippen molar-refractivity contribution < 1.29 is 14.7 Å². The van der Waals surface area contributed by atoms with Gasteiger partial charge in [-0.1, -0.05) is 37.3 Å². The lowest BCUT2D eigenvalue weighted by Gasteiger charge is -2.07. The van der Waals surface area contributed by atoms with E-state index in [1.165, 1.54) is 6.20 Å². The van der Waals surface area contributed by atoms with Gasteiger partial charge in [0, 0.05) is 12.1 Å². The smallest absolute Gasteiger partial charge is 0.306 e. The van der Waals surface area contributed by atoms with Crippen molar-refractivity contribution in [2.45, 2.75) is 13.3 Å². The van der Waals surface area contributed by atoms with Gasteiger partial charge in [-0.3, -0.25) is 14.6 Å². The molecule has 6 nitrogen and oxygen atoms in total. The summed E-state index contributed by atoms with van der Waals surface area (Å²) in [5.41, 5.74) is 1.83. The average molecular weight is 299 g/mol. The Hall–Kier alpha value is -2.76. The summed E-state index contributed by atoms with van der Waals surface area (Å²) in [6.45, 7) is 1.89. The van der Waals surface area contributed by atoms with Crippen LogP contribution in [-0.4, -0.2) is 33.5 Å². The van der Waals surface area contributed by atoms with Crippen molar-refractivity contribution in [3.8, 4) is 11.3 Å². The van der Waals surface area contributed by atoms with Gasteiger partial charge in [-0.2, -0.15) is 0 Å². The molecule has 114 valence electrons. The fourth-order valence-electron chi connectivity index (χ4n) is 1.82. The van der Waals surface area contributed by atoms with Crippen molar-refractivity contribution in [1.29, 1.82) is 0 Å². The Morgan fingerprint density at radius 1 is 1.18 bits per heavy atom. The number of carboxylic acids is 1. The monoisotopic (exact) mass is 299 g/mol. The zero-order valence-corrected chi connectivity index (χ0v) is 12.2. The number of hydrogen-bond acceptors (Lipinski definition) is 4. The fourth-order valence-corrected chi connectivity index (χ4v) is 1.82. The Morgan fingerprint density at radius 2 is 1.91 bits per heavy atom. The van der Waals surface area contributed by atoms with E-state index in [2.05, 4.69) is 15.3 Å². The second-order valence-electron chi connectivity index (χ2n) is 4.94. The molecule has 0 saturated heterocycles. The van der Waals surface area contributed by atoms with Gasteiger partial charge in [-0.25, -0.2) is 4.98 Å². The molecular formula is C16H17N3O3. The van der Waals surface area contributed by atoms with E-state index in [0.717, 1.165) is 5.56 Å². The van der Waals surface area contributed by atoms with E-state index in [1.807, 2.05) is 30.3 Å². The van der Waals surface area contributed by atoms with E-state index in [9.17, 15) is 9.59 Å².